The van der Waals surface area contributed by atoms with Gasteiger partial charge in [0.2, 0.25) is 0 Å². The Morgan fingerprint density at radius 2 is 1.75 bits per heavy atom. The van der Waals surface area contributed by atoms with Crippen LogP contribution in [0.2, 0.25) is 0 Å². The first kappa shape index (κ1) is 18.3. The van der Waals surface area contributed by atoms with E-state index < -0.39 is 10.1 Å². The molecule has 0 atom stereocenters. The smallest absolute Gasteiger partial charge is 0.297 e. The minimum absolute atomic E-state index is 0.00984. The molecule has 0 heterocycles. The summed E-state index contributed by atoms with van der Waals surface area (Å²) in [5, 5.41) is 0. The van der Waals surface area contributed by atoms with Gasteiger partial charge < -0.3 is 4.74 Å². The zero-order valence-electron chi connectivity index (χ0n) is 13.7. The molecule has 0 aliphatic heterocycles. The van der Waals surface area contributed by atoms with Crippen LogP contribution in [0.5, 0.6) is 0 Å². The maximum Gasteiger partial charge on any atom is 0.297 e. The lowest BCUT2D eigenvalue weighted by Gasteiger charge is -2.07. The van der Waals surface area contributed by atoms with Crippen molar-refractivity contribution in [2.75, 3.05) is 13.2 Å². The number of hydrogen-bond donors (Lipinski definition) is 0. The van der Waals surface area contributed by atoms with Crippen molar-refractivity contribution in [2.24, 2.45) is 0 Å². The lowest BCUT2D eigenvalue weighted by molar-refractivity contribution is 0.0905. The number of rotatable bonds is 8. The molecule has 24 heavy (non-hydrogen) atoms. The molecule has 2 aromatic rings. The predicted molar refractivity (Wildman–Crippen MR) is 90.4 cm³/mol. The molecule has 0 fully saturated rings. The van der Waals surface area contributed by atoms with Crippen molar-refractivity contribution in [1.82, 2.24) is 0 Å². The number of carbonyl (C=O) groups excluding carboxylic acids is 1. The third-order valence-corrected chi connectivity index (χ3v) is 4.70. The lowest BCUT2D eigenvalue weighted by atomic mass is 10.1. The first-order valence-electron chi connectivity index (χ1n) is 7.52. The van der Waals surface area contributed by atoms with E-state index in [4.69, 9.17) is 8.92 Å². The van der Waals surface area contributed by atoms with E-state index in [0.29, 0.717) is 5.56 Å². The number of hydrogen-bond acceptors (Lipinski definition) is 5. The molecule has 0 aliphatic carbocycles. The molecule has 5 nitrogen and oxygen atoms in total. The van der Waals surface area contributed by atoms with Gasteiger partial charge in [-0.2, -0.15) is 8.42 Å². The maximum absolute atomic E-state index is 12.0. The lowest BCUT2D eigenvalue weighted by Crippen LogP contribution is -2.11. The van der Waals surface area contributed by atoms with E-state index >= 15 is 0 Å². The highest BCUT2D eigenvalue weighted by molar-refractivity contribution is 7.86. The van der Waals surface area contributed by atoms with Gasteiger partial charge in [0.15, 0.2) is 5.78 Å². The van der Waals surface area contributed by atoms with E-state index in [-0.39, 0.29) is 30.5 Å². The van der Waals surface area contributed by atoms with Crippen LogP contribution in [-0.2, 0) is 25.6 Å². The highest BCUT2D eigenvalue weighted by Gasteiger charge is 2.14. The number of ether oxygens (including phenoxy) is 1. The molecular formula is C18H20O5S. The molecule has 0 aromatic heterocycles. The molecular weight excluding hydrogens is 328 g/mol. The van der Waals surface area contributed by atoms with Crippen LogP contribution in [-0.4, -0.2) is 27.4 Å². The summed E-state index contributed by atoms with van der Waals surface area (Å²) in [4.78, 5) is 11.4. The van der Waals surface area contributed by atoms with Gasteiger partial charge in [0.05, 0.1) is 24.7 Å². The first-order valence-corrected chi connectivity index (χ1v) is 8.93. The minimum atomic E-state index is -3.76. The van der Waals surface area contributed by atoms with Crippen LogP contribution < -0.4 is 0 Å². The highest BCUT2D eigenvalue weighted by atomic mass is 32.2. The van der Waals surface area contributed by atoms with Crippen LogP contribution in [0.1, 0.15) is 28.4 Å². The summed E-state index contributed by atoms with van der Waals surface area (Å²) in [5.74, 6) is -0.00984. The second-order valence-electron chi connectivity index (χ2n) is 5.40. The zero-order chi connectivity index (χ0) is 17.6. The molecule has 0 bridgehead atoms. The van der Waals surface area contributed by atoms with E-state index in [9.17, 15) is 13.2 Å². The molecule has 0 aliphatic rings. The summed E-state index contributed by atoms with van der Waals surface area (Å²) in [6, 6.07) is 13.6. The van der Waals surface area contributed by atoms with Gasteiger partial charge in [-0.1, -0.05) is 35.9 Å². The van der Waals surface area contributed by atoms with Crippen LogP contribution in [0.15, 0.2) is 53.4 Å². The number of aryl methyl sites for hydroxylation is 1. The average molecular weight is 348 g/mol. The van der Waals surface area contributed by atoms with Crippen molar-refractivity contribution in [2.45, 2.75) is 25.3 Å². The van der Waals surface area contributed by atoms with Gasteiger partial charge in [0.25, 0.3) is 10.1 Å². The van der Waals surface area contributed by atoms with Crippen molar-refractivity contribution in [3.05, 3.63) is 65.2 Å². The van der Waals surface area contributed by atoms with E-state index in [1.54, 1.807) is 30.3 Å². The van der Waals surface area contributed by atoms with Gasteiger partial charge in [-0.3, -0.25) is 8.98 Å². The second-order valence-corrected chi connectivity index (χ2v) is 7.01. The number of benzene rings is 2. The number of ketones is 1. The highest BCUT2D eigenvalue weighted by Crippen LogP contribution is 2.13. The molecule has 0 unspecified atom stereocenters. The van der Waals surface area contributed by atoms with Crippen molar-refractivity contribution < 1.29 is 22.1 Å². The Morgan fingerprint density at radius 3 is 2.42 bits per heavy atom. The topological polar surface area (TPSA) is 69.7 Å². The standard InChI is InChI=1S/C18H20O5S/c1-14-6-8-18(9-7-14)24(20,21)23-11-10-22-13-16-4-3-5-17(12-16)15(2)19/h3-9,12H,10-11,13H2,1-2H3. The molecule has 0 spiro atoms. The van der Waals surface area contributed by atoms with Gasteiger partial charge in [-0.05, 0) is 37.6 Å². The summed E-state index contributed by atoms with van der Waals surface area (Å²) >= 11 is 0. The van der Waals surface area contributed by atoms with Crippen molar-refractivity contribution in [1.29, 1.82) is 0 Å². The van der Waals surface area contributed by atoms with Crippen molar-refractivity contribution in [3.8, 4) is 0 Å². The van der Waals surface area contributed by atoms with Crippen LogP contribution in [0.4, 0.5) is 0 Å². The van der Waals surface area contributed by atoms with Gasteiger partial charge in [0.1, 0.15) is 0 Å². The van der Waals surface area contributed by atoms with Gasteiger partial charge in [-0.25, -0.2) is 0 Å². The Morgan fingerprint density at radius 1 is 1.04 bits per heavy atom. The van der Waals surface area contributed by atoms with Crippen LogP contribution in [0, 0.1) is 6.92 Å². The Labute approximate surface area is 142 Å². The van der Waals surface area contributed by atoms with E-state index in [1.165, 1.54) is 19.1 Å². The van der Waals surface area contributed by atoms with Gasteiger partial charge in [0, 0.05) is 5.56 Å². The van der Waals surface area contributed by atoms with Gasteiger partial charge >= 0.3 is 0 Å². The minimum Gasteiger partial charge on any atom is -0.374 e. The van der Waals surface area contributed by atoms with E-state index in [2.05, 4.69) is 0 Å². The molecule has 6 heteroatoms. The number of carbonyl (C=O) groups is 1. The summed E-state index contributed by atoms with van der Waals surface area (Å²) in [7, 11) is -3.76. The molecule has 128 valence electrons. The summed E-state index contributed by atoms with van der Waals surface area (Å²) in [6.07, 6.45) is 0. The molecule has 2 aromatic carbocycles. The maximum atomic E-state index is 12.0. The fourth-order valence-electron chi connectivity index (χ4n) is 2.05. The van der Waals surface area contributed by atoms with Gasteiger partial charge in [-0.15, -0.1) is 0 Å². The third kappa shape index (κ3) is 5.26. The summed E-state index contributed by atoms with van der Waals surface area (Å²) in [6.45, 7) is 3.74. The molecule has 0 saturated carbocycles. The summed E-state index contributed by atoms with van der Waals surface area (Å²) < 4.78 is 34.3. The third-order valence-electron chi connectivity index (χ3n) is 3.38. The zero-order valence-corrected chi connectivity index (χ0v) is 14.5. The Balaban J connectivity index is 1.79. The fraction of sp³-hybridized carbons (Fsp3) is 0.278. The molecule has 0 saturated heterocycles. The predicted octanol–water partition coefficient (Wildman–Crippen LogP) is 3.12. The van der Waals surface area contributed by atoms with Crippen molar-refractivity contribution in [3.63, 3.8) is 0 Å². The monoisotopic (exact) mass is 348 g/mol. The number of Topliss-reactive ketones (excluding diaryl/α,β-unsaturated/α-hetero) is 1. The Kier molecular flexibility index (Phi) is 6.25. The molecule has 2 rings (SSSR count). The Hall–Kier alpha value is -2.02. The quantitative estimate of drug-likeness (QED) is 0.416. The normalized spacial score (nSPS) is 11.4. The largest absolute Gasteiger partial charge is 0.374 e. The molecule has 0 radical (unpaired) electrons. The summed E-state index contributed by atoms with van der Waals surface area (Å²) in [5.41, 5.74) is 2.45. The molecule has 0 N–H and O–H groups in total. The SMILES string of the molecule is CC(=O)c1cccc(COCCOS(=O)(=O)c2ccc(C)cc2)c1. The second kappa shape index (κ2) is 8.19. The van der Waals surface area contributed by atoms with Crippen LogP contribution in [0.3, 0.4) is 0 Å². The van der Waals surface area contributed by atoms with Crippen LogP contribution >= 0.6 is 0 Å². The van der Waals surface area contributed by atoms with Crippen molar-refractivity contribution >= 4 is 15.9 Å². The molecule has 0 amide bonds. The van der Waals surface area contributed by atoms with Crippen LogP contribution in [0.25, 0.3) is 0 Å². The van der Waals surface area contributed by atoms with E-state index in [1.807, 2.05) is 13.0 Å². The fourth-order valence-corrected chi connectivity index (χ4v) is 2.94. The average Bonchev–Trinajstić information content (AvgIpc) is 2.55. The van der Waals surface area contributed by atoms with E-state index in [0.717, 1.165) is 11.1 Å². The Bertz CT molecular complexity index is 794. The first-order chi connectivity index (χ1) is 11.4.